The molecule has 0 saturated carbocycles. The molecule has 0 amide bonds. The van der Waals surface area contributed by atoms with Crippen molar-refractivity contribution in [3.63, 3.8) is 0 Å². The van der Waals surface area contributed by atoms with Crippen LogP contribution in [0.5, 0.6) is 0 Å². The second-order valence-corrected chi connectivity index (χ2v) is 5.88. The van der Waals surface area contributed by atoms with E-state index in [1.165, 1.54) is 18.9 Å². The van der Waals surface area contributed by atoms with Gasteiger partial charge in [-0.3, -0.25) is 0 Å². The molecule has 2 aromatic rings. The third kappa shape index (κ3) is 2.40. The van der Waals surface area contributed by atoms with Gasteiger partial charge in [-0.15, -0.1) is 0 Å². The van der Waals surface area contributed by atoms with Crippen molar-refractivity contribution in [1.29, 1.82) is 0 Å². The lowest BCUT2D eigenvalue weighted by atomic mass is 10.1. The van der Waals surface area contributed by atoms with Gasteiger partial charge in [0, 0.05) is 17.5 Å². The van der Waals surface area contributed by atoms with Crippen molar-refractivity contribution in [2.24, 2.45) is 5.92 Å². The molecular weight excluding hydrogens is 290 g/mol. The van der Waals surface area contributed by atoms with Gasteiger partial charge in [-0.25, -0.2) is 14.8 Å². The molecule has 0 radical (unpaired) electrons. The molecule has 2 aromatic heterocycles. The minimum absolute atomic E-state index is 0.0845. The van der Waals surface area contributed by atoms with Gasteiger partial charge in [-0.05, 0) is 12.3 Å². The van der Waals surface area contributed by atoms with E-state index in [-0.39, 0.29) is 12.0 Å². The van der Waals surface area contributed by atoms with E-state index in [0.29, 0.717) is 30.0 Å². The number of hydrogen-bond donors (Lipinski definition) is 0. The molecule has 1 unspecified atom stereocenters. The number of esters is 1. The van der Waals surface area contributed by atoms with E-state index in [0.717, 1.165) is 11.0 Å². The lowest BCUT2D eigenvalue weighted by Gasteiger charge is -2.19. The monoisotopic (exact) mass is 307 g/mol. The minimum Gasteiger partial charge on any atom is -0.464 e. The first-order chi connectivity index (χ1) is 10.2. The fourth-order valence-electron chi connectivity index (χ4n) is 2.67. The number of carbonyl (C=O) groups excluding carboxylic acids is 1. The first-order valence-corrected chi connectivity index (χ1v) is 7.96. The van der Waals surface area contributed by atoms with Crippen LogP contribution in [-0.4, -0.2) is 47.1 Å². The van der Waals surface area contributed by atoms with E-state index < -0.39 is 0 Å². The first kappa shape index (κ1) is 14.3. The molecule has 0 aromatic carbocycles. The third-order valence-corrected chi connectivity index (χ3v) is 4.35. The predicted molar refractivity (Wildman–Crippen MR) is 79.7 cm³/mol. The minimum atomic E-state index is -0.363. The maximum absolute atomic E-state index is 12.1. The molecule has 21 heavy (non-hydrogen) atoms. The quantitative estimate of drug-likeness (QED) is 0.492. The molecule has 1 aliphatic heterocycles. The predicted octanol–water partition coefficient (Wildman–Crippen LogP) is 2.15. The Morgan fingerprint density at radius 3 is 2.95 bits per heavy atom. The second kappa shape index (κ2) is 5.65. The van der Waals surface area contributed by atoms with Gasteiger partial charge in [-0.2, -0.15) is 0 Å². The van der Waals surface area contributed by atoms with Crippen molar-refractivity contribution in [2.75, 3.05) is 26.6 Å². The Morgan fingerprint density at radius 2 is 2.33 bits per heavy atom. The Morgan fingerprint density at radius 1 is 1.52 bits per heavy atom. The van der Waals surface area contributed by atoms with E-state index in [1.807, 2.05) is 10.8 Å². The molecule has 7 heteroatoms. The number of aromatic nitrogens is 3. The van der Waals surface area contributed by atoms with Crippen LogP contribution in [0.2, 0.25) is 0 Å². The zero-order valence-electron chi connectivity index (χ0n) is 12.2. The van der Waals surface area contributed by atoms with Crippen LogP contribution in [0.25, 0.3) is 11.0 Å². The Hall–Kier alpha value is -1.60. The van der Waals surface area contributed by atoms with E-state index >= 15 is 0 Å². The molecule has 3 rings (SSSR count). The highest BCUT2D eigenvalue weighted by molar-refractivity contribution is 7.98. The van der Waals surface area contributed by atoms with Gasteiger partial charge >= 0.3 is 5.97 Å². The topological polar surface area (TPSA) is 66.2 Å². The summed E-state index contributed by atoms with van der Waals surface area (Å²) in [5, 5.41) is 1.53. The Labute approximate surface area is 126 Å². The SMILES string of the molecule is COC(=O)c1cc2cnc(SC)nc2n1[C@@H]1COCC1C. The molecule has 0 bridgehead atoms. The molecular formula is C14H17N3O3S. The third-order valence-electron chi connectivity index (χ3n) is 3.79. The molecule has 3 heterocycles. The highest BCUT2D eigenvalue weighted by Gasteiger charge is 2.31. The lowest BCUT2D eigenvalue weighted by molar-refractivity contribution is 0.0585. The highest BCUT2D eigenvalue weighted by atomic mass is 32.2. The summed E-state index contributed by atoms with van der Waals surface area (Å²) in [6.45, 7) is 3.38. The van der Waals surface area contributed by atoms with Gasteiger partial charge in [0.05, 0.1) is 26.4 Å². The summed E-state index contributed by atoms with van der Waals surface area (Å²) in [4.78, 5) is 20.9. The second-order valence-electron chi connectivity index (χ2n) is 5.11. The Kier molecular flexibility index (Phi) is 3.86. The molecule has 0 spiro atoms. The van der Waals surface area contributed by atoms with Gasteiger partial charge in [0.15, 0.2) is 5.16 Å². The van der Waals surface area contributed by atoms with Crippen molar-refractivity contribution in [1.82, 2.24) is 14.5 Å². The van der Waals surface area contributed by atoms with Crippen LogP contribution in [-0.2, 0) is 9.47 Å². The molecule has 1 fully saturated rings. The summed E-state index contributed by atoms with van der Waals surface area (Å²) in [7, 11) is 1.39. The summed E-state index contributed by atoms with van der Waals surface area (Å²) >= 11 is 1.48. The van der Waals surface area contributed by atoms with Crippen molar-refractivity contribution in [3.05, 3.63) is 18.0 Å². The van der Waals surface area contributed by atoms with Crippen LogP contribution in [0.4, 0.5) is 0 Å². The summed E-state index contributed by atoms with van der Waals surface area (Å²) in [5.74, 6) is -0.0468. The molecule has 6 nitrogen and oxygen atoms in total. The maximum Gasteiger partial charge on any atom is 0.354 e. The smallest absolute Gasteiger partial charge is 0.354 e. The lowest BCUT2D eigenvalue weighted by Crippen LogP contribution is -2.21. The van der Waals surface area contributed by atoms with E-state index in [4.69, 9.17) is 9.47 Å². The zero-order chi connectivity index (χ0) is 15.0. The molecule has 1 saturated heterocycles. The number of methoxy groups -OCH3 is 1. The van der Waals surface area contributed by atoms with E-state index in [1.54, 1.807) is 12.3 Å². The molecule has 2 atom stereocenters. The fourth-order valence-corrected chi connectivity index (χ4v) is 3.00. The standard InChI is InChI=1S/C14H17N3O3S/c1-8-6-20-7-11(8)17-10(13(18)19-2)4-9-5-15-14(21-3)16-12(9)17/h4-5,8,11H,6-7H2,1-3H3/t8?,11-/m1/s1. The number of ether oxygens (including phenoxy) is 2. The van der Waals surface area contributed by atoms with Crippen LogP contribution in [0.1, 0.15) is 23.5 Å². The van der Waals surface area contributed by atoms with E-state index in [2.05, 4.69) is 16.9 Å². The highest BCUT2D eigenvalue weighted by Crippen LogP contribution is 2.32. The Balaban J connectivity index is 2.22. The maximum atomic E-state index is 12.1. The van der Waals surface area contributed by atoms with Crippen molar-refractivity contribution >= 4 is 28.8 Å². The number of rotatable bonds is 3. The van der Waals surface area contributed by atoms with Crippen molar-refractivity contribution in [3.8, 4) is 0 Å². The largest absolute Gasteiger partial charge is 0.464 e. The number of nitrogens with zero attached hydrogens (tertiary/aromatic N) is 3. The number of carbonyl (C=O) groups is 1. The molecule has 0 N–H and O–H groups in total. The molecule has 1 aliphatic rings. The van der Waals surface area contributed by atoms with Crippen LogP contribution < -0.4 is 0 Å². The van der Waals surface area contributed by atoms with Gasteiger partial charge in [0.1, 0.15) is 11.3 Å². The number of fused-ring (bicyclic) bond motifs is 1. The summed E-state index contributed by atoms with van der Waals surface area (Å²) < 4.78 is 12.4. The first-order valence-electron chi connectivity index (χ1n) is 6.73. The zero-order valence-corrected chi connectivity index (χ0v) is 13.0. The number of thioether (sulfide) groups is 1. The molecule has 112 valence electrons. The van der Waals surface area contributed by atoms with E-state index in [9.17, 15) is 4.79 Å². The molecule has 0 aliphatic carbocycles. The number of hydrogen-bond acceptors (Lipinski definition) is 6. The summed E-state index contributed by atoms with van der Waals surface area (Å²) in [6, 6.07) is 1.87. The van der Waals surface area contributed by atoms with Crippen LogP contribution >= 0.6 is 11.8 Å². The average molecular weight is 307 g/mol. The summed E-state index contributed by atoms with van der Waals surface area (Å²) in [6.07, 6.45) is 3.68. The normalized spacial score (nSPS) is 21.9. The van der Waals surface area contributed by atoms with Crippen LogP contribution in [0.15, 0.2) is 17.4 Å². The van der Waals surface area contributed by atoms with Crippen molar-refractivity contribution < 1.29 is 14.3 Å². The van der Waals surface area contributed by atoms with Gasteiger partial charge in [-0.1, -0.05) is 18.7 Å². The fraction of sp³-hybridized carbons (Fsp3) is 0.500. The van der Waals surface area contributed by atoms with Crippen LogP contribution in [0, 0.1) is 5.92 Å². The average Bonchev–Trinajstić information content (AvgIpc) is 3.08. The van der Waals surface area contributed by atoms with Gasteiger partial charge in [0.25, 0.3) is 0 Å². The van der Waals surface area contributed by atoms with Gasteiger partial charge in [0.2, 0.25) is 0 Å². The van der Waals surface area contributed by atoms with Crippen LogP contribution in [0.3, 0.4) is 0 Å². The summed E-state index contributed by atoms with van der Waals surface area (Å²) in [5.41, 5.74) is 1.26. The van der Waals surface area contributed by atoms with Crippen molar-refractivity contribution in [2.45, 2.75) is 18.1 Å². The van der Waals surface area contributed by atoms with Gasteiger partial charge < -0.3 is 14.0 Å². The Bertz CT molecular complexity index is 685.